The van der Waals surface area contributed by atoms with E-state index in [0.29, 0.717) is 16.3 Å². The van der Waals surface area contributed by atoms with E-state index in [-0.39, 0.29) is 11.5 Å². The summed E-state index contributed by atoms with van der Waals surface area (Å²) in [6.07, 6.45) is 2.86. The number of hydrogen-bond donors (Lipinski definition) is 2. The maximum atomic E-state index is 11.9. The van der Waals surface area contributed by atoms with E-state index in [2.05, 4.69) is 21.2 Å². The number of phenolic OH excluding ortho intramolecular Hbond substituents is 1. The molecule has 0 bridgehead atoms. The summed E-state index contributed by atoms with van der Waals surface area (Å²) >= 11 is 9.13. The molecule has 3 nitrogen and oxygen atoms in total. The highest BCUT2D eigenvalue weighted by Gasteiger charge is 2.02. The molecule has 0 aliphatic heterocycles. The number of carbonyl (C=O) groups excluding carboxylic acids is 1. The van der Waals surface area contributed by atoms with Crippen LogP contribution >= 0.6 is 27.5 Å². The summed E-state index contributed by atoms with van der Waals surface area (Å²) in [5, 5.41) is 12.9. The number of anilines is 1. The largest absolute Gasteiger partial charge is 0.506 e. The summed E-state index contributed by atoms with van der Waals surface area (Å²) in [7, 11) is 0. The van der Waals surface area contributed by atoms with Crippen molar-refractivity contribution in [1.29, 1.82) is 0 Å². The van der Waals surface area contributed by atoms with Crippen LogP contribution in [0.1, 0.15) is 10.4 Å². The van der Waals surface area contributed by atoms with Gasteiger partial charge < -0.3 is 10.4 Å². The van der Waals surface area contributed by atoms with Crippen LogP contribution in [-0.2, 0) is 0 Å². The van der Waals surface area contributed by atoms with Gasteiger partial charge in [0.15, 0.2) is 5.78 Å². The van der Waals surface area contributed by atoms with Crippen molar-refractivity contribution < 1.29 is 9.90 Å². The lowest BCUT2D eigenvalue weighted by atomic mass is 10.1. The monoisotopic (exact) mass is 351 g/mol. The van der Waals surface area contributed by atoms with Gasteiger partial charge in [-0.2, -0.15) is 0 Å². The first-order valence-electron chi connectivity index (χ1n) is 5.78. The molecule has 0 spiro atoms. The quantitative estimate of drug-likeness (QED) is 0.480. The third-order valence-electron chi connectivity index (χ3n) is 2.56. The summed E-state index contributed by atoms with van der Waals surface area (Å²) < 4.78 is 0.917. The first kappa shape index (κ1) is 14.6. The Kier molecular flexibility index (Phi) is 4.82. The van der Waals surface area contributed by atoms with E-state index in [1.165, 1.54) is 18.3 Å². The fraction of sp³-hybridized carbons (Fsp3) is 0. The van der Waals surface area contributed by atoms with Crippen LogP contribution in [0.25, 0.3) is 0 Å². The predicted octanol–water partition coefficient (Wildman–Crippen LogP) is 4.62. The van der Waals surface area contributed by atoms with Gasteiger partial charge in [-0.05, 0) is 42.5 Å². The van der Waals surface area contributed by atoms with E-state index in [1.54, 1.807) is 36.4 Å². The van der Waals surface area contributed by atoms with Gasteiger partial charge in [-0.3, -0.25) is 4.79 Å². The zero-order valence-corrected chi connectivity index (χ0v) is 12.6. The van der Waals surface area contributed by atoms with E-state index >= 15 is 0 Å². The molecule has 2 aromatic carbocycles. The van der Waals surface area contributed by atoms with Gasteiger partial charge >= 0.3 is 0 Å². The molecule has 0 fully saturated rings. The Hall–Kier alpha value is -1.78. The average Bonchev–Trinajstić information content (AvgIpc) is 2.43. The number of nitrogens with one attached hydrogen (secondary N) is 1. The van der Waals surface area contributed by atoms with Crippen molar-refractivity contribution in [2.45, 2.75) is 0 Å². The van der Waals surface area contributed by atoms with E-state index in [1.807, 2.05) is 0 Å². The molecule has 0 amide bonds. The van der Waals surface area contributed by atoms with Crippen LogP contribution in [0, 0.1) is 0 Å². The number of allylic oxidation sites excluding steroid dienone is 1. The van der Waals surface area contributed by atoms with Crippen molar-refractivity contribution in [3.8, 4) is 5.75 Å². The Labute approximate surface area is 130 Å². The minimum atomic E-state index is -0.133. The molecule has 5 heteroatoms. The molecule has 0 atom stereocenters. The zero-order chi connectivity index (χ0) is 14.5. The molecule has 0 radical (unpaired) electrons. The molecule has 102 valence electrons. The highest BCUT2D eigenvalue weighted by molar-refractivity contribution is 9.10. The number of carbonyl (C=O) groups is 1. The van der Waals surface area contributed by atoms with Crippen LogP contribution in [0.5, 0.6) is 5.75 Å². The highest BCUT2D eigenvalue weighted by Crippen LogP contribution is 2.26. The lowest BCUT2D eigenvalue weighted by Crippen LogP contribution is -1.96. The van der Waals surface area contributed by atoms with Crippen molar-refractivity contribution >= 4 is 39.0 Å². The topological polar surface area (TPSA) is 49.3 Å². The molecule has 0 saturated heterocycles. The van der Waals surface area contributed by atoms with E-state index < -0.39 is 0 Å². The highest BCUT2D eigenvalue weighted by atomic mass is 79.9. The summed E-state index contributed by atoms with van der Waals surface area (Å²) in [6, 6.07) is 11.7. The first-order valence-corrected chi connectivity index (χ1v) is 6.95. The lowest BCUT2D eigenvalue weighted by molar-refractivity contribution is 0.104. The van der Waals surface area contributed by atoms with Crippen LogP contribution in [-0.4, -0.2) is 10.9 Å². The fourth-order valence-corrected chi connectivity index (χ4v) is 1.98. The molecule has 2 N–H and O–H groups in total. The lowest BCUT2D eigenvalue weighted by Gasteiger charge is -2.04. The number of phenols is 1. The molecule has 0 aromatic heterocycles. The average molecular weight is 353 g/mol. The Bertz CT molecular complexity index is 653. The van der Waals surface area contributed by atoms with Gasteiger partial charge in [0, 0.05) is 27.3 Å². The van der Waals surface area contributed by atoms with Crippen LogP contribution in [0.2, 0.25) is 5.02 Å². The van der Waals surface area contributed by atoms with E-state index in [0.717, 1.165) is 4.47 Å². The van der Waals surface area contributed by atoms with Gasteiger partial charge in [0.2, 0.25) is 0 Å². The summed E-state index contributed by atoms with van der Waals surface area (Å²) in [4.78, 5) is 11.9. The van der Waals surface area contributed by atoms with Gasteiger partial charge in [0.1, 0.15) is 5.75 Å². The number of hydrogen-bond acceptors (Lipinski definition) is 3. The van der Waals surface area contributed by atoms with E-state index in [9.17, 15) is 9.90 Å². The third kappa shape index (κ3) is 3.85. The van der Waals surface area contributed by atoms with Crippen LogP contribution in [0.4, 0.5) is 5.69 Å². The second-order valence-electron chi connectivity index (χ2n) is 4.01. The Morgan fingerprint density at radius 2 is 1.90 bits per heavy atom. The van der Waals surface area contributed by atoms with Crippen LogP contribution in [0.3, 0.4) is 0 Å². The SMILES string of the molecule is O=C(C=CNc1cc(Cl)ccc1O)c1ccc(Br)cc1. The molecule has 0 heterocycles. The van der Waals surface area contributed by atoms with Crippen molar-refractivity contribution in [3.63, 3.8) is 0 Å². The minimum Gasteiger partial charge on any atom is -0.506 e. The summed E-state index contributed by atoms with van der Waals surface area (Å²) in [5.74, 6) is -0.0679. The number of benzene rings is 2. The standard InChI is InChI=1S/C15H11BrClNO2/c16-11-3-1-10(2-4-11)14(19)7-8-18-13-9-12(17)5-6-15(13)20/h1-9,18,20H. The van der Waals surface area contributed by atoms with Crippen molar-refractivity contribution in [2.75, 3.05) is 5.32 Å². The summed E-state index contributed by atoms with van der Waals surface area (Å²) in [6.45, 7) is 0. The Morgan fingerprint density at radius 3 is 2.60 bits per heavy atom. The first-order chi connectivity index (χ1) is 9.56. The number of ketones is 1. The molecule has 0 aliphatic carbocycles. The molecule has 0 aliphatic rings. The second kappa shape index (κ2) is 6.59. The van der Waals surface area contributed by atoms with Crippen molar-refractivity contribution in [3.05, 3.63) is 69.8 Å². The van der Waals surface area contributed by atoms with Gasteiger partial charge in [0.05, 0.1) is 5.69 Å². The predicted molar refractivity (Wildman–Crippen MR) is 84.4 cm³/mol. The minimum absolute atomic E-state index is 0.0649. The molecule has 2 rings (SSSR count). The molecular formula is C15H11BrClNO2. The number of aromatic hydroxyl groups is 1. The number of rotatable bonds is 4. The molecule has 0 saturated carbocycles. The van der Waals surface area contributed by atoms with Crippen molar-refractivity contribution in [1.82, 2.24) is 0 Å². The third-order valence-corrected chi connectivity index (χ3v) is 3.32. The normalized spacial score (nSPS) is 10.7. The Morgan fingerprint density at radius 1 is 1.20 bits per heavy atom. The van der Waals surface area contributed by atoms with Crippen molar-refractivity contribution in [2.24, 2.45) is 0 Å². The van der Waals surface area contributed by atoms with Gasteiger partial charge in [-0.15, -0.1) is 0 Å². The fourth-order valence-electron chi connectivity index (χ4n) is 1.54. The molecular weight excluding hydrogens is 342 g/mol. The summed E-state index contributed by atoms with van der Waals surface area (Å²) in [5.41, 5.74) is 1.03. The number of halogens is 2. The Balaban J connectivity index is 2.04. The maximum Gasteiger partial charge on any atom is 0.187 e. The molecule has 0 unspecified atom stereocenters. The second-order valence-corrected chi connectivity index (χ2v) is 5.36. The van der Waals surface area contributed by atoms with Crippen LogP contribution < -0.4 is 5.32 Å². The smallest absolute Gasteiger partial charge is 0.187 e. The van der Waals surface area contributed by atoms with Gasteiger partial charge in [-0.25, -0.2) is 0 Å². The van der Waals surface area contributed by atoms with Gasteiger partial charge in [0.25, 0.3) is 0 Å². The molecule has 2 aromatic rings. The molecule has 20 heavy (non-hydrogen) atoms. The van der Waals surface area contributed by atoms with E-state index in [4.69, 9.17) is 11.6 Å². The van der Waals surface area contributed by atoms with Gasteiger partial charge in [-0.1, -0.05) is 27.5 Å². The zero-order valence-electron chi connectivity index (χ0n) is 10.3. The maximum absolute atomic E-state index is 11.9. The van der Waals surface area contributed by atoms with Crippen LogP contribution in [0.15, 0.2) is 59.2 Å².